The maximum atomic E-state index is 5.57. The van der Waals surface area contributed by atoms with Crippen molar-refractivity contribution in [1.82, 2.24) is 0 Å². The lowest BCUT2D eigenvalue weighted by molar-refractivity contribution is -0.160. The zero-order valence-electron chi connectivity index (χ0n) is 9.04. The highest BCUT2D eigenvalue weighted by atomic mass is 16.7. The van der Waals surface area contributed by atoms with E-state index in [2.05, 4.69) is 12.8 Å². The van der Waals surface area contributed by atoms with Gasteiger partial charge in [-0.2, -0.15) is 0 Å². The standard InChI is InChI=1S/C11H20O2/c1-6-11(7-2)9(4)13-10(5)12-8-3/h1,9-11H,7-8H2,2-5H3/t9-,10?,11-/m1/s1. The Balaban J connectivity index is 3.84. The summed E-state index contributed by atoms with van der Waals surface area (Å²) in [7, 11) is 0. The van der Waals surface area contributed by atoms with Crippen molar-refractivity contribution in [1.29, 1.82) is 0 Å². The minimum atomic E-state index is -0.164. The third kappa shape index (κ3) is 4.92. The SMILES string of the molecule is C#C[C@H](CC)[C@@H](C)OC(C)OCC. The van der Waals surface area contributed by atoms with E-state index in [4.69, 9.17) is 15.9 Å². The predicted molar refractivity (Wildman–Crippen MR) is 54.2 cm³/mol. The average molecular weight is 184 g/mol. The number of terminal acetylenes is 1. The Kier molecular flexibility index (Phi) is 6.66. The fraction of sp³-hybridized carbons (Fsp3) is 0.818. The lowest BCUT2D eigenvalue weighted by atomic mass is 10.0. The molecule has 0 spiro atoms. The summed E-state index contributed by atoms with van der Waals surface area (Å²) in [4.78, 5) is 0. The molecular formula is C11H20O2. The Morgan fingerprint density at radius 2 is 1.92 bits per heavy atom. The van der Waals surface area contributed by atoms with Gasteiger partial charge in [-0.15, -0.1) is 12.3 Å². The molecule has 0 N–H and O–H groups in total. The Hall–Kier alpha value is -0.520. The molecule has 0 aliphatic rings. The van der Waals surface area contributed by atoms with Gasteiger partial charge in [0.15, 0.2) is 6.29 Å². The van der Waals surface area contributed by atoms with E-state index in [1.165, 1.54) is 0 Å². The van der Waals surface area contributed by atoms with Crippen LogP contribution in [0.15, 0.2) is 0 Å². The number of rotatable bonds is 6. The largest absolute Gasteiger partial charge is 0.353 e. The average Bonchev–Trinajstić information content (AvgIpc) is 2.06. The van der Waals surface area contributed by atoms with Crippen LogP contribution < -0.4 is 0 Å². The van der Waals surface area contributed by atoms with Gasteiger partial charge in [0.25, 0.3) is 0 Å². The Morgan fingerprint density at radius 3 is 2.31 bits per heavy atom. The van der Waals surface area contributed by atoms with Crippen LogP contribution in [0.2, 0.25) is 0 Å². The highest BCUT2D eigenvalue weighted by Crippen LogP contribution is 2.12. The van der Waals surface area contributed by atoms with Crippen molar-refractivity contribution in [3.05, 3.63) is 0 Å². The van der Waals surface area contributed by atoms with Gasteiger partial charge in [-0.3, -0.25) is 0 Å². The molecule has 0 aromatic heterocycles. The van der Waals surface area contributed by atoms with E-state index >= 15 is 0 Å². The van der Waals surface area contributed by atoms with Crippen molar-refractivity contribution < 1.29 is 9.47 Å². The smallest absolute Gasteiger partial charge is 0.155 e. The summed E-state index contributed by atoms with van der Waals surface area (Å²) in [6.45, 7) is 8.56. The topological polar surface area (TPSA) is 18.5 Å². The molecule has 0 rings (SSSR count). The maximum Gasteiger partial charge on any atom is 0.155 e. The highest BCUT2D eigenvalue weighted by Gasteiger charge is 2.15. The van der Waals surface area contributed by atoms with Crippen molar-refractivity contribution in [2.75, 3.05) is 6.61 Å². The molecule has 0 aromatic rings. The van der Waals surface area contributed by atoms with E-state index in [0.717, 1.165) is 6.42 Å². The Bertz CT molecular complexity index is 160. The summed E-state index contributed by atoms with van der Waals surface area (Å²) in [6, 6.07) is 0. The van der Waals surface area contributed by atoms with Crippen LogP contribution >= 0.6 is 0 Å². The number of hydrogen-bond donors (Lipinski definition) is 0. The van der Waals surface area contributed by atoms with E-state index < -0.39 is 0 Å². The van der Waals surface area contributed by atoms with E-state index in [1.807, 2.05) is 20.8 Å². The molecule has 0 saturated heterocycles. The predicted octanol–water partition coefficient (Wildman–Crippen LogP) is 2.43. The van der Waals surface area contributed by atoms with Crippen LogP contribution in [0.5, 0.6) is 0 Å². The first kappa shape index (κ1) is 12.5. The summed E-state index contributed by atoms with van der Waals surface area (Å²) in [5.41, 5.74) is 0. The summed E-state index contributed by atoms with van der Waals surface area (Å²) in [5.74, 6) is 2.90. The molecule has 0 radical (unpaired) electrons. The van der Waals surface area contributed by atoms with Gasteiger partial charge in [0, 0.05) is 12.5 Å². The van der Waals surface area contributed by atoms with Gasteiger partial charge in [0.05, 0.1) is 6.10 Å². The van der Waals surface area contributed by atoms with E-state index in [0.29, 0.717) is 6.61 Å². The zero-order chi connectivity index (χ0) is 10.3. The summed E-state index contributed by atoms with van der Waals surface area (Å²) >= 11 is 0. The minimum Gasteiger partial charge on any atom is -0.353 e. The Labute approximate surface area is 81.6 Å². The molecule has 0 bridgehead atoms. The monoisotopic (exact) mass is 184 g/mol. The van der Waals surface area contributed by atoms with Crippen molar-refractivity contribution in [3.8, 4) is 12.3 Å². The Morgan fingerprint density at radius 1 is 1.31 bits per heavy atom. The van der Waals surface area contributed by atoms with Gasteiger partial charge >= 0.3 is 0 Å². The molecule has 0 saturated carbocycles. The molecule has 1 unspecified atom stereocenters. The molecule has 0 heterocycles. The molecular weight excluding hydrogens is 164 g/mol. The van der Waals surface area contributed by atoms with Gasteiger partial charge in [-0.1, -0.05) is 6.92 Å². The first-order chi connectivity index (χ1) is 6.15. The van der Waals surface area contributed by atoms with E-state index in [-0.39, 0.29) is 18.3 Å². The second kappa shape index (κ2) is 6.94. The second-order valence-corrected chi connectivity index (χ2v) is 3.05. The molecule has 0 aliphatic carbocycles. The van der Waals surface area contributed by atoms with E-state index in [9.17, 15) is 0 Å². The second-order valence-electron chi connectivity index (χ2n) is 3.05. The van der Waals surface area contributed by atoms with Gasteiger partial charge in [-0.25, -0.2) is 0 Å². The van der Waals surface area contributed by atoms with Crippen molar-refractivity contribution in [3.63, 3.8) is 0 Å². The quantitative estimate of drug-likeness (QED) is 0.466. The molecule has 2 heteroatoms. The molecule has 0 aromatic carbocycles. The molecule has 0 fully saturated rings. The van der Waals surface area contributed by atoms with Crippen molar-refractivity contribution in [2.45, 2.75) is 46.5 Å². The van der Waals surface area contributed by atoms with Crippen LogP contribution in [0.1, 0.15) is 34.1 Å². The summed E-state index contributed by atoms with van der Waals surface area (Å²) in [6.07, 6.45) is 6.21. The third-order valence-electron chi connectivity index (χ3n) is 2.03. The third-order valence-corrected chi connectivity index (χ3v) is 2.03. The molecule has 0 aliphatic heterocycles. The van der Waals surface area contributed by atoms with E-state index in [1.54, 1.807) is 0 Å². The van der Waals surface area contributed by atoms with Crippen molar-refractivity contribution >= 4 is 0 Å². The first-order valence-electron chi connectivity index (χ1n) is 4.88. The van der Waals surface area contributed by atoms with Gasteiger partial charge in [0.1, 0.15) is 0 Å². The van der Waals surface area contributed by atoms with Crippen LogP contribution in [-0.4, -0.2) is 19.0 Å². The van der Waals surface area contributed by atoms with Gasteiger partial charge in [-0.05, 0) is 27.2 Å². The number of hydrogen-bond acceptors (Lipinski definition) is 2. The maximum absolute atomic E-state index is 5.57. The van der Waals surface area contributed by atoms with Gasteiger partial charge in [0.2, 0.25) is 0 Å². The normalized spacial score (nSPS) is 17.5. The fourth-order valence-electron chi connectivity index (χ4n) is 1.26. The molecule has 76 valence electrons. The summed E-state index contributed by atoms with van der Waals surface area (Å²) in [5, 5.41) is 0. The summed E-state index contributed by atoms with van der Waals surface area (Å²) < 4.78 is 10.8. The van der Waals surface area contributed by atoms with Crippen LogP contribution in [-0.2, 0) is 9.47 Å². The molecule has 0 amide bonds. The zero-order valence-corrected chi connectivity index (χ0v) is 9.04. The fourth-order valence-corrected chi connectivity index (χ4v) is 1.26. The van der Waals surface area contributed by atoms with Crippen molar-refractivity contribution in [2.24, 2.45) is 5.92 Å². The lowest BCUT2D eigenvalue weighted by Crippen LogP contribution is -2.25. The van der Waals surface area contributed by atoms with Crippen LogP contribution in [0, 0.1) is 18.3 Å². The first-order valence-corrected chi connectivity index (χ1v) is 4.88. The van der Waals surface area contributed by atoms with Crippen LogP contribution in [0.4, 0.5) is 0 Å². The molecule has 2 nitrogen and oxygen atoms in total. The molecule has 3 atom stereocenters. The highest BCUT2D eigenvalue weighted by molar-refractivity contribution is 4.95. The lowest BCUT2D eigenvalue weighted by Gasteiger charge is -2.22. The minimum absolute atomic E-state index is 0.0662. The van der Waals surface area contributed by atoms with Gasteiger partial charge < -0.3 is 9.47 Å². The van der Waals surface area contributed by atoms with Crippen LogP contribution in [0.25, 0.3) is 0 Å². The van der Waals surface area contributed by atoms with Crippen LogP contribution in [0.3, 0.4) is 0 Å². The number of ether oxygens (including phenoxy) is 2. The molecule has 13 heavy (non-hydrogen) atoms.